The fraction of sp³-hybridized carbons (Fsp3) is 0.200. The van der Waals surface area contributed by atoms with Crippen LogP contribution in [0.5, 0.6) is 0 Å². The summed E-state index contributed by atoms with van der Waals surface area (Å²) >= 11 is 2.94. The molecule has 0 N–H and O–H groups in total. The average Bonchev–Trinajstić information content (AvgIpc) is 1.80. The maximum absolute atomic E-state index is 12.3. The van der Waals surface area contributed by atoms with Crippen LogP contribution >= 0.6 is 15.9 Å². The van der Waals surface area contributed by atoms with Gasteiger partial charge in [-0.25, -0.2) is 0 Å². The number of amides is 1. The van der Waals surface area contributed by atoms with E-state index < -0.39 is 16.7 Å². The Bertz CT molecular complexity index is 199. The van der Waals surface area contributed by atoms with Crippen LogP contribution in [0.25, 0.3) is 0 Å². The molecule has 1 unspecified atom stereocenters. The number of dihydropyridines is 1. The largest absolute Gasteiger partial charge is 0.271 e. The van der Waals surface area contributed by atoms with Crippen LogP contribution in [0.3, 0.4) is 0 Å². The molecule has 0 aromatic carbocycles. The van der Waals surface area contributed by atoms with Crippen molar-refractivity contribution in [1.82, 2.24) is 0 Å². The Hall–Kier alpha value is -0.510. The lowest BCUT2D eigenvalue weighted by molar-refractivity contribution is -0.113. The maximum Gasteiger partial charge on any atom is 0.271 e. The van der Waals surface area contributed by atoms with E-state index in [9.17, 15) is 9.18 Å². The van der Waals surface area contributed by atoms with Gasteiger partial charge in [-0.15, -0.1) is 0 Å². The molecule has 0 saturated carbocycles. The number of allylic oxidation sites excluding steroid dienone is 1. The molecule has 1 rings (SSSR count). The Balaban J connectivity index is 2.82. The van der Waals surface area contributed by atoms with Crippen LogP contribution in [0.15, 0.2) is 17.1 Å². The molecule has 9 heavy (non-hydrogen) atoms. The van der Waals surface area contributed by atoms with Crippen LogP contribution in [0.2, 0.25) is 0 Å². The molecule has 0 bridgehead atoms. The van der Waals surface area contributed by atoms with E-state index >= 15 is 0 Å². The van der Waals surface area contributed by atoms with Gasteiger partial charge in [0.2, 0.25) is 5.97 Å². The first-order valence-corrected chi connectivity index (χ1v) is 3.22. The van der Waals surface area contributed by atoms with Gasteiger partial charge in [0, 0.05) is 6.08 Å². The number of aliphatic imine (C=N–C) groups is 1. The predicted molar refractivity (Wildman–Crippen MR) is 35.4 cm³/mol. The molecule has 1 aliphatic rings. The van der Waals surface area contributed by atoms with Gasteiger partial charge in [-0.2, -0.15) is 9.38 Å². The summed E-state index contributed by atoms with van der Waals surface area (Å²) in [7, 11) is 0. The van der Waals surface area contributed by atoms with Crippen molar-refractivity contribution in [3.05, 3.63) is 12.2 Å². The first-order valence-electron chi connectivity index (χ1n) is 2.30. The molecule has 0 spiro atoms. The lowest BCUT2D eigenvalue weighted by atomic mass is 10.3. The normalized spacial score (nSPS) is 26.2. The topological polar surface area (TPSA) is 29.4 Å². The Morgan fingerprint density at radius 3 is 2.89 bits per heavy atom. The Kier molecular flexibility index (Phi) is 1.75. The predicted octanol–water partition coefficient (Wildman–Crippen LogP) is 1.21. The summed E-state index contributed by atoms with van der Waals surface area (Å²) < 4.78 is 12.3. The monoisotopic (exact) mass is 191 g/mol. The van der Waals surface area contributed by atoms with Crippen LogP contribution < -0.4 is 0 Å². The highest BCUT2D eigenvalue weighted by atomic mass is 79.9. The third kappa shape index (κ3) is 1.45. The third-order valence-electron chi connectivity index (χ3n) is 0.852. The van der Waals surface area contributed by atoms with Gasteiger partial charge in [0.05, 0.1) is 0 Å². The maximum atomic E-state index is 12.3. The molecule has 0 saturated heterocycles. The number of halogens is 2. The molecule has 0 aromatic rings. The number of rotatable bonds is 0. The number of alkyl halides is 1. The Labute approximate surface area is 59.6 Å². The van der Waals surface area contributed by atoms with Crippen LogP contribution in [-0.2, 0) is 4.79 Å². The first kappa shape index (κ1) is 6.61. The second kappa shape index (κ2) is 2.39. The quantitative estimate of drug-likeness (QED) is 0.530. The zero-order chi connectivity index (χ0) is 6.85. The van der Waals surface area contributed by atoms with Crippen molar-refractivity contribution in [2.45, 2.75) is 4.83 Å². The second-order valence-electron chi connectivity index (χ2n) is 1.53. The minimum absolute atomic E-state index is 0.518. The van der Waals surface area contributed by atoms with E-state index in [1.165, 1.54) is 12.2 Å². The number of hydrogen-bond donors (Lipinski definition) is 0. The second-order valence-corrected chi connectivity index (χ2v) is 2.52. The molecule has 0 fully saturated rings. The zero-order valence-electron chi connectivity index (χ0n) is 4.34. The minimum atomic E-state index is -0.678. The highest BCUT2D eigenvalue weighted by Crippen LogP contribution is 2.09. The fourth-order valence-corrected chi connectivity index (χ4v) is 0.705. The van der Waals surface area contributed by atoms with E-state index in [1.54, 1.807) is 0 Å². The van der Waals surface area contributed by atoms with Gasteiger partial charge in [-0.05, 0) is 0 Å². The van der Waals surface area contributed by atoms with Crippen molar-refractivity contribution < 1.29 is 9.18 Å². The highest BCUT2D eigenvalue weighted by molar-refractivity contribution is 9.10. The van der Waals surface area contributed by atoms with Crippen molar-refractivity contribution in [2.75, 3.05) is 0 Å². The van der Waals surface area contributed by atoms with E-state index in [-0.39, 0.29) is 0 Å². The van der Waals surface area contributed by atoms with E-state index in [0.29, 0.717) is 0 Å². The molecule has 2 nitrogen and oxygen atoms in total. The van der Waals surface area contributed by atoms with Gasteiger partial charge in [0.1, 0.15) is 4.83 Å². The van der Waals surface area contributed by atoms with Crippen molar-refractivity contribution in [3.63, 3.8) is 0 Å². The summed E-state index contributed by atoms with van der Waals surface area (Å²) in [6, 6.07) is 0. The molecule has 4 heteroatoms. The Morgan fingerprint density at radius 1 is 1.78 bits per heavy atom. The standard InChI is InChI=1S/C5H3BrFNO/c6-3-1-2-4(9)8-5(3)7/h1-3H. The smallest absolute Gasteiger partial charge is 0.267 e. The lowest BCUT2D eigenvalue weighted by Gasteiger charge is -2.01. The number of hydrogen-bond acceptors (Lipinski definition) is 1. The molecule has 1 amide bonds. The summed E-state index contributed by atoms with van der Waals surface area (Å²) in [5, 5.41) is 0. The molecular formula is C5H3BrFNO. The van der Waals surface area contributed by atoms with Gasteiger partial charge in [-0.1, -0.05) is 22.0 Å². The molecular weight excluding hydrogens is 189 g/mol. The van der Waals surface area contributed by atoms with Crippen LogP contribution in [0.1, 0.15) is 0 Å². The molecule has 0 aliphatic carbocycles. The number of carbonyl (C=O) groups is 1. The van der Waals surface area contributed by atoms with Crippen molar-refractivity contribution in [2.24, 2.45) is 4.99 Å². The Morgan fingerprint density at radius 2 is 2.44 bits per heavy atom. The van der Waals surface area contributed by atoms with Crippen molar-refractivity contribution in [1.29, 1.82) is 0 Å². The van der Waals surface area contributed by atoms with E-state index in [1.807, 2.05) is 0 Å². The van der Waals surface area contributed by atoms with Crippen LogP contribution in [-0.4, -0.2) is 16.7 Å². The van der Waals surface area contributed by atoms with Gasteiger partial charge >= 0.3 is 0 Å². The SMILES string of the molecule is O=C1C=CC(Br)C(F)=N1. The van der Waals surface area contributed by atoms with E-state index in [4.69, 9.17) is 0 Å². The first-order chi connectivity index (χ1) is 4.20. The summed E-state index contributed by atoms with van der Waals surface area (Å²) in [6.45, 7) is 0. The van der Waals surface area contributed by atoms with Gasteiger partial charge < -0.3 is 0 Å². The minimum Gasteiger partial charge on any atom is -0.267 e. The summed E-state index contributed by atoms with van der Waals surface area (Å²) in [5.41, 5.74) is 0. The van der Waals surface area contributed by atoms with Gasteiger partial charge in [-0.3, -0.25) is 4.79 Å². The third-order valence-corrected chi connectivity index (χ3v) is 1.54. The van der Waals surface area contributed by atoms with Crippen molar-refractivity contribution in [3.8, 4) is 0 Å². The molecule has 48 valence electrons. The summed E-state index contributed by atoms with van der Waals surface area (Å²) in [6.07, 6.45) is 2.63. The van der Waals surface area contributed by atoms with E-state index in [2.05, 4.69) is 20.9 Å². The average molecular weight is 192 g/mol. The summed E-state index contributed by atoms with van der Waals surface area (Å²) in [4.78, 5) is 12.8. The fourth-order valence-electron chi connectivity index (χ4n) is 0.450. The lowest BCUT2D eigenvalue weighted by Crippen LogP contribution is -2.12. The molecule has 0 radical (unpaired) electrons. The van der Waals surface area contributed by atoms with Crippen LogP contribution in [0.4, 0.5) is 4.39 Å². The molecule has 1 heterocycles. The number of nitrogens with zero attached hydrogens (tertiary/aromatic N) is 1. The number of carbonyl (C=O) groups excluding carboxylic acids is 1. The van der Waals surface area contributed by atoms with Gasteiger partial charge in [0.15, 0.2) is 0 Å². The van der Waals surface area contributed by atoms with Crippen LogP contribution in [0, 0.1) is 0 Å². The summed E-state index contributed by atoms with van der Waals surface area (Å²) in [5.74, 6) is -1.22. The zero-order valence-corrected chi connectivity index (χ0v) is 5.93. The highest BCUT2D eigenvalue weighted by Gasteiger charge is 2.13. The molecule has 1 aliphatic heterocycles. The molecule has 0 aromatic heterocycles. The van der Waals surface area contributed by atoms with Gasteiger partial charge in [0.25, 0.3) is 5.91 Å². The van der Waals surface area contributed by atoms with Crippen molar-refractivity contribution >= 4 is 27.8 Å². The van der Waals surface area contributed by atoms with E-state index in [0.717, 1.165) is 0 Å². The molecule has 1 atom stereocenters.